The average Bonchev–Trinajstić information content (AvgIpc) is 3.76. The summed E-state index contributed by atoms with van der Waals surface area (Å²) in [6.07, 6.45) is 0.165. The van der Waals surface area contributed by atoms with E-state index >= 15 is 0 Å². The number of benzene rings is 5. The first-order valence-electron chi connectivity index (χ1n) is 18.7. The normalized spacial score (nSPS) is 16.4. The maximum Gasteiger partial charge on any atom is 0.326 e. The van der Waals surface area contributed by atoms with Crippen LogP contribution in [0.5, 0.6) is 17.2 Å². The maximum atomic E-state index is 14.1. The Balaban J connectivity index is 0.945. The van der Waals surface area contributed by atoms with E-state index in [4.69, 9.17) is 42.7 Å². The van der Waals surface area contributed by atoms with E-state index in [9.17, 15) is 14.7 Å². The molecule has 0 bridgehead atoms. The smallest absolute Gasteiger partial charge is 0.326 e. The van der Waals surface area contributed by atoms with Gasteiger partial charge >= 0.3 is 5.97 Å². The molecule has 2 N–H and O–H groups in total. The molecular formula is C46H37Cl2N3O6S. The van der Waals surface area contributed by atoms with Gasteiger partial charge in [-0.25, -0.2) is 4.79 Å². The standard InChI is InChI=1S/C46H37Cl2N3O6S/c47-38-16-7-30(18-39(38)48)26-55-36-14-12-33(13-15-36)44-27-56-42-21-34-20-41(51(25-37-2-1-17-58-37)24-35(34)22-43(42)57-44)45(52)50-40(46(53)54)19-28-3-8-31(9-4-28)32-10-5-29(23-49)6-11-32/h1-18,21-22,40-41,44H,19-20,24-27H2,(H,50,52)(H,53,54)/t40-,41-,44?/m0/s1. The molecule has 0 radical (unpaired) electrons. The molecular weight excluding hydrogens is 793 g/mol. The van der Waals surface area contributed by atoms with Crippen LogP contribution in [0.25, 0.3) is 11.1 Å². The minimum atomic E-state index is -1.13. The number of carbonyl (C=O) groups is 2. The van der Waals surface area contributed by atoms with Gasteiger partial charge in [0.2, 0.25) is 5.91 Å². The Kier molecular flexibility index (Phi) is 11.7. The molecule has 1 unspecified atom stereocenters. The summed E-state index contributed by atoms with van der Waals surface area (Å²) in [6, 6.07) is 36.4. The number of nitriles is 1. The second kappa shape index (κ2) is 17.3. The number of carboxylic acids is 1. The third-order valence-corrected chi connectivity index (χ3v) is 12.0. The molecule has 0 saturated carbocycles. The van der Waals surface area contributed by atoms with Crippen molar-refractivity contribution in [3.63, 3.8) is 0 Å². The van der Waals surface area contributed by atoms with Crippen molar-refractivity contribution in [3.05, 3.63) is 169 Å². The highest BCUT2D eigenvalue weighted by molar-refractivity contribution is 7.09. The van der Waals surface area contributed by atoms with E-state index in [1.807, 2.05) is 96.4 Å². The van der Waals surface area contributed by atoms with E-state index in [1.165, 1.54) is 0 Å². The average molecular weight is 831 g/mol. The third kappa shape index (κ3) is 8.99. The zero-order chi connectivity index (χ0) is 40.2. The Bertz CT molecular complexity index is 2470. The number of rotatable bonds is 12. The largest absolute Gasteiger partial charge is 0.489 e. The van der Waals surface area contributed by atoms with Crippen LogP contribution >= 0.6 is 34.5 Å². The number of amides is 1. The number of carbonyl (C=O) groups excluding carboxylic acids is 1. The van der Waals surface area contributed by atoms with Crippen LogP contribution in [0, 0.1) is 11.3 Å². The molecule has 5 aromatic carbocycles. The molecule has 3 atom stereocenters. The summed E-state index contributed by atoms with van der Waals surface area (Å²) in [5.41, 5.74) is 7.08. The lowest BCUT2D eigenvalue weighted by Gasteiger charge is -2.37. The molecule has 1 amide bonds. The molecule has 1 aromatic heterocycles. The molecule has 2 aliphatic rings. The van der Waals surface area contributed by atoms with Gasteiger partial charge in [-0.15, -0.1) is 11.3 Å². The van der Waals surface area contributed by atoms with Crippen LogP contribution in [-0.4, -0.2) is 40.6 Å². The number of nitrogens with one attached hydrogen (secondary N) is 1. The number of hydrogen-bond donors (Lipinski definition) is 2. The van der Waals surface area contributed by atoms with Gasteiger partial charge in [0.1, 0.15) is 25.0 Å². The molecule has 8 rings (SSSR count). The Morgan fingerprint density at radius 2 is 1.62 bits per heavy atom. The van der Waals surface area contributed by atoms with Crippen LogP contribution < -0.4 is 19.5 Å². The van der Waals surface area contributed by atoms with E-state index < -0.39 is 18.1 Å². The molecule has 58 heavy (non-hydrogen) atoms. The second-order valence-corrected chi connectivity index (χ2v) is 16.1. The van der Waals surface area contributed by atoms with Gasteiger partial charge in [-0.3, -0.25) is 9.69 Å². The number of nitrogens with zero attached hydrogens (tertiary/aromatic N) is 2. The molecule has 292 valence electrons. The van der Waals surface area contributed by atoms with Crippen molar-refractivity contribution in [1.29, 1.82) is 5.26 Å². The van der Waals surface area contributed by atoms with E-state index in [1.54, 1.807) is 35.6 Å². The highest BCUT2D eigenvalue weighted by Crippen LogP contribution is 2.41. The van der Waals surface area contributed by atoms with Crippen LogP contribution in [0.4, 0.5) is 0 Å². The molecule has 0 fully saturated rings. The monoisotopic (exact) mass is 829 g/mol. The number of carboxylic acid groups (broad SMARTS) is 1. The van der Waals surface area contributed by atoms with E-state index in [0.717, 1.165) is 43.8 Å². The van der Waals surface area contributed by atoms with Crippen molar-refractivity contribution >= 4 is 46.4 Å². The highest BCUT2D eigenvalue weighted by Gasteiger charge is 2.36. The first-order valence-corrected chi connectivity index (χ1v) is 20.3. The lowest BCUT2D eigenvalue weighted by Crippen LogP contribution is -2.54. The number of hydrogen-bond acceptors (Lipinski definition) is 8. The van der Waals surface area contributed by atoms with Crippen molar-refractivity contribution in [3.8, 4) is 34.4 Å². The lowest BCUT2D eigenvalue weighted by atomic mass is 9.92. The minimum Gasteiger partial charge on any atom is -0.489 e. The predicted molar refractivity (Wildman–Crippen MR) is 223 cm³/mol. The van der Waals surface area contributed by atoms with Crippen LogP contribution in [0.3, 0.4) is 0 Å². The fourth-order valence-electron chi connectivity index (χ4n) is 7.25. The van der Waals surface area contributed by atoms with Gasteiger partial charge in [0.15, 0.2) is 17.6 Å². The number of ether oxygens (including phenoxy) is 3. The van der Waals surface area contributed by atoms with Crippen LogP contribution in [-0.2, 0) is 42.1 Å². The lowest BCUT2D eigenvalue weighted by molar-refractivity contribution is -0.142. The predicted octanol–water partition coefficient (Wildman–Crippen LogP) is 9.42. The van der Waals surface area contributed by atoms with E-state index in [0.29, 0.717) is 65.6 Å². The van der Waals surface area contributed by atoms with Gasteiger partial charge in [-0.1, -0.05) is 83.9 Å². The number of aliphatic carboxylic acids is 1. The number of fused-ring (bicyclic) bond motifs is 2. The molecule has 0 saturated heterocycles. The van der Waals surface area contributed by atoms with Crippen LogP contribution in [0.15, 0.2) is 121 Å². The van der Waals surface area contributed by atoms with Crippen molar-refractivity contribution < 1.29 is 28.9 Å². The Morgan fingerprint density at radius 3 is 2.31 bits per heavy atom. The van der Waals surface area contributed by atoms with Gasteiger partial charge in [0.05, 0.1) is 27.7 Å². The SMILES string of the molecule is N#Cc1ccc(-c2ccc(C[C@H](NC(=O)[C@@H]3Cc4cc5c(cc4CN3Cc3cccs3)OC(c3ccc(OCc4ccc(Cl)c(Cl)c4)cc3)CO5)C(=O)O)cc2)cc1. The van der Waals surface area contributed by atoms with Crippen molar-refractivity contribution in [2.75, 3.05) is 6.61 Å². The first-order chi connectivity index (χ1) is 28.2. The Morgan fingerprint density at radius 1 is 0.897 bits per heavy atom. The summed E-state index contributed by atoms with van der Waals surface area (Å²) in [7, 11) is 0. The van der Waals surface area contributed by atoms with Gasteiger partial charge in [-0.05, 0) is 105 Å². The summed E-state index contributed by atoms with van der Waals surface area (Å²) < 4.78 is 18.7. The van der Waals surface area contributed by atoms with Gasteiger partial charge in [0.25, 0.3) is 0 Å². The quantitative estimate of drug-likeness (QED) is 0.125. The van der Waals surface area contributed by atoms with Gasteiger partial charge in [-0.2, -0.15) is 5.26 Å². The summed E-state index contributed by atoms with van der Waals surface area (Å²) in [4.78, 5) is 29.8. The van der Waals surface area contributed by atoms with Gasteiger partial charge < -0.3 is 24.6 Å². The molecule has 6 aromatic rings. The van der Waals surface area contributed by atoms with Crippen molar-refractivity contribution in [2.45, 2.75) is 50.7 Å². The van der Waals surface area contributed by atoms with Crippen molar-refractivity contribution in [1.82, 2.24) is 10.2 Å². The van der Waals surface area contributed by atoms with Crippen molar-refractivity contribution in [2.24, 2.45) is 0 Å². The molecule has 0 spiro atoms. The molecule has 9 nitrogen and oxygen atoms in total. The number of thiophene rings is 1. The first kappa shape index (κ1) is 39.0. The molecule has 3 heterocycles. The molecule has 12 heteroatoms. The highest BCUT2D eigenvalue weighted by atomic mass is 35.5. The fraction of sp³-hybridized carbons (Fsp3) is 0.196. The summed E-state index contributed by atoms with van der Waals surface area (Å²) in [5.74, 6) is 0.489. The summed E-state index contributed by atoms with van der Waals surface area (Å²) in [6.45, 7) is 1.64. The Hall–Kier alpha value is -5.83. The number of halogens is 2. The zero-order valence-corrected chi connectivity index (χ0v) is 33.4. The van der Waals surface area contributed by atoms with Gasteiger partial charge in [0, 0.05) is 24.4 Å². The van der Waals surface area contributed by atoms with E-state index in [-0.39, 0.29) is 18.4 Å². The third-order valence-electron chi connectivity index (χ3n) is 10.4. The molecule has 0 aliphatic carbocycles. The molecule has 2 aliphatic heterocycles. The fourth-order valence-corrected chi connectivity index (χ4v) is 8.30. The second-order valence-electron chi connectivity index (χ2n) is 14.3. The van der Waals surface area contributed by atoms with E-state index in [2.05, 4.69) is 16.3 Å². The summed E-state index contributed by atoms with van der Waals surface area (Å²) in [5, 5.41) is 25.2. The zero-order valence-electron chi connectivity index (χ0n) is 31.1. The summed E-state index contributed by atoms with van der Waals surface area (Å²) >= 11 is 13.8. The minimum absolute atomic E-state index is 0.122. The van der Waals surface area contributed by atoms with Crippen LogP contribution in [0.2, 0.25) is 10.0 Å². The maximum absolute atomic E-state index is 14.1. The Labute approximate surface area is 349 Å². The van der Waals surface area contributed by atoms with Crippen LogP contribution in [0.1, 0.15) is 44.4 Å². The topological polar surface area (TPSA) is 121 Å².